The Bertz CT molecular complexity index is 1520. The number of aldehydes is 1. The van der Waals surface area contributed by atoms with Crippen molar-refractivity contribution >= 4 is 35.6 Å². The van der Waals surface area contributed by atoms with Gasteiger partial charge in [0.2, 0.25) is 5.91 Å². The summed E-state index contributed by atoms with van der Waals surface area (Å²) in [5.41, 5.74) is 0.192. The summed E-state index contributed by atoms with van der Waals surface area (Å²) in [7, 11) is 0. The zero-order valence-electron chi connectivity index (χ0n) is 24.4. The molecule has 3 aromatic rings. The fourth-order valence-corrected chi connectivity index (χ4v) is 4.96. The molecule has 2 aromatic heterocycles. The van der Waals surface area contributed by atoms with Crippen LogP contribution in [-0.2, 0) is 25.5 Å². The Morgan fingerprint density at radius 1 is 1.11 bits per heavy atom. The zero-order chi connectivity index (χ0) is 32.0. The minimum atomic E-state index is -0.816. The molecule has 0 bridgehead atoms. The van der Waals surface area contributed by atoms with Crippen molar-refractivity contribution in [2.75, 3.05) is 18.5 Å². The molecule has 13 heteroatoms. The number of anilines is 1. The highest BCUT2D eigenvalue weighted by Crippen LogP contribution is 2.31. The lowest BCUT2D eigenvalue weighted by atomic mass is 9.89. The molecule has 234 valence electrons. The number of benzene rings is 1. The van der Waals surface area contributed by atoms with Gasteiger partial charge in [0.05, 0.1) is 48.6 Å². The molecule has 1 fully saturated rings. The van der Waals surface area contributed by atoms with Crippen molar-refractivity contribution in [3.05, 3.63) is 88.2 Å². The number of pyridine rings is 2. The molecule has 44 heavy (non-hydrogen) atoms. The molecule has 0 spiro atoms. The van der Waals surface area contributed by atoms with Gasteiger partial charge in [0.25, 0.3) is 0 Å². The number of hydrogen-bond acceptors (Lipinski definition) is 7. The number of carbonyl (C=O) groups is 3. The van der Waals surface area contributed by atoms with Crippen molar-refractivity contribution in [3.8, 4) is 0 Å². The Balaban J connectivity index is 1.49. The molecule has 3 atom stereocenters. The number of amides is 2. The summed E-state index contributed by atoms with van der Waals surface area (Å²) in [6, 6.07) is 4.42. The molecule has 9 nitrogen and oxygen atoms in total. The highest BCUT2D eigenvalue weighted by molar-refractivity contribution is 6.30. The van der Waals surface area contributed by atoms with Crippen LogP contribution in [0.25, 0.3) is 0 Å². The second-order valence-corrected chi connectivity index (χ2v) is 11.8. The summed E-state index contributed by atoms with van der Waals surface area (Å²) in [5.74, 6) is -3.37. The molecule has 1 aliphatic heterocycles. The predicted octanol–water partition coefficient (Wildman–Crippen LogP) is 5.84. The van der Waals surface area contributed by atoms with Gasteiger partial charge in [-0.05, 0) is 62.9 Å². The number of halogens is 4. The first-order valence-corrected chi connectivity index (χ1v) is 14.3. The first-order valence-electron chi connectivity index (χ1n) is 13.9. The van der Waals surface area contributed by atoms with Gasteiger partial charge in [-0.1, -0.05) is 17.7 Å². The van der Waals surface area contributed by atoms with Crippen LogP contribution < -0.4 is 5.32 Å². The normalized spacial score (nSPS) is 17.6. The van der Waals surface area contributed by atoms with Crippen LogP contribution in [0, 0.1) is 17.5 Å². The largest absolute Gasteiger partial charge is 0.444 e. The van der Waals surface area contributed by atoms with Gasteiger partial charge in [0.15, 0.2) is 0 Å². The van der Waals surface area contributed by atoms with Crippen LogP contribution in [0.15, 0.2) is 49.1 Å². The molecular weight excluding hydrogens is 601 g/mol. The van der Waals surface area contributed by atoms with Crippen molar-refractivity contribution in [1.29, 1.82) is 0 Å². The number of ether oxygens (including phenoxy) is 2. The third-order valence-electron chi connectivity index (χ3n) is 6.95. The van der Waals surface area contributed by atoms with E-state index in [1.165, 1.54) is 41.6 Å². The predicted molar refractivity (Wildman–Crippen MR) is 156 cm³/mol. The molecule has 0 aliphatic carbocycles. The smallest absolute Gasteiger partial charge is 0.411 e. The van der Waals surface area contributed by atoms with Crippen molar-refractivity contribution in [2.24, 2.45) is 0 Å². The topological polar surface area (TPSA) is 111 Å². The van der Waals surface area contributed by atoms with Crippen molar-refractivity contribution in [1.82, 2.24) is 14.9 Å². The minimum Gasteiger partial charge on any atom is -0.444 e. The molecule has 3 heterocycles. The summed E-state index contributed by atoms with van der Waals surface area (Å²) in [6.45, 7) is 5.15. The average Bonchev–Trinajstić information content (AvgIpc) is 2.96. The van der Waals surface area contributed by atoms with Gasteiger partial charge in [0.1, 0.15) is 35.4 Å². The fraction of sp³-hybridized carbons (Fsp3) is 0.387. The van der Waals surface area contributed by atoms with Crippen LogP contribution in [0.4, 0.5) is 23.7 Å². The molecule has 0 radical (unpaired) electrons. The number of aromatic nitrogens is 2. The van der Waals surface area contributed by atoms with E-state index in [0.717, 1.165) is 12.4 Å². The Labute approximate surface area is 257 Å². The van der Waals surface area contributed by atoms with E-state index in [1.54, 1.807) is 20.8 Å². The number of hydrogen-bond donors (Lipinski definition) is 1. The molecule has 1 unspecified atom stereocenters. The van der Waals surface area contributed by atoms with Crippen molar-refractivity contribution in [3.63, 3.8) is 0 Å². The minimum absolute atomic E-state index is 0.0442. The summed E-state index contributed by atoms with van der Waals surface area (Å²) in [5, 5.41) is 2.56. The van der Waals surface area contributed by atoms with E-state index in [-0.39, 0.29) is 48.7 Å². The lowest BCUT2D eigenvalue weighted by molar-refractivity contribution is -0.123. The highest BCUT2D eigenvalue weighted by Gasteiger charge is 2.35. The van der Waals surface area contributed by atoms with E-state index in [0.29, 0.717) is 17.4 Å². The maximum atomic E-state index is 15.0. The van der Waals surface area contributed by atoms with Gasteiger partial charge < -0.3 is 19.6 Å². The Morgan fingerprint density at radius 3 is 2.55 bits per heavy atom. The molecule has 1 saturated heterocycles. The standard InChI is InChI=1S/C31H32ClF3N4O5/c1-31(2,3)44-30(42)39-15-22(43-17-21(39)16-40)5-6-23-27(35)13-37-14-28(23)38-29(41)10-24(19-8-20(33)12-36-11-19)18-4-7-25(32)26(34)9-18/h4,7-9,11-14,16,21-22,24H,5-6,10,15,17H2,1-3H3,(H,38,41)/t21-,22-,24?/m1/s1. The Morgan fingerprint density at radius 2 is 1.86 bits per heavy atom. The van der Waals surface area contributed by atoms with E-state index in [1.807, 2.05) is 0 Å². The lowest BCUT2D eigenvalue weighted by Crippen LogP contribution is -2.54. The van der Waals surface area contributed by atoms with E-state index >= 15 is 0 Å². The van der Waals surface area contributed by atoms with E-state index in [4.69, 9.17) is 21.1 Å². The third kappa shape index (κ3) is 8.54. The maximum Gasteiger partial charge on any atom is 0.411 e. The fourth-order valence-electron chi connectivity index (χ4n) is 4.84. The Kier molecular flexibility index (Phi) is 10.6. The summed E-state index contributed by atoms with van der Waals surface area (Å²) < 4.78 is 54.5. The van der Waals surface area contributed by atoms with Crippen molar-refractivity contribution in [2.45, 2.75) is 63.7 Å². The first-order chi connectivity index (χ1) is 20.8. The number of nitrogens with zero attached hydrogens (tertiary/aromatic N) is 3. The second-order valence-electron chi connectivity index (χ2n) is 11.4. The quantitative estimate of drug-likeness (QED) is 0.295. The second kappa shape index (κ2) is 14.2. The van der Waals surface area contributed by atoms with Crippen LogP contribution in [0.3, 0.4) is 0 Å². The van der Waals surface area contributed by atoms with Crippen LogP contribution >= 0.6 is 11.6 Å². The zero-order valence-corrected chi connectivity index (χ0v) is 25.1. The molecule has 0 saturated carbocycles. The van der Waals surface area contributed by atoms with Gasteiger partial charge >= 0.3 is 6.09 Å². The van der Waals surface area contributed by atoms with Crippen LogP contribution in [0.1, 0.15) is 56.2 Å². The molecule has 1 aliphatic rings. The summed E-state index contributed by atoms with van der Waals surface area (Å²) in [6.07, 6.45) is 4.20. The van der Waals surface area contributed by atoms with E-state index in [2.05, 4.69) is 15.3 Å². The number of morpholine rings is 1. The first kappa shape index (κ1) is 32.9. The average molecular weight is 633 g/mol. The molecular formula is C31H32ClF3N4O5. The maximum absolute atomic E-state index is 15.0. The SMILES string of the molecule is CC(C)(C)OC(=O)N1C[C@@H](CCc2c(F)cncc2NC(=O)CC(c2cncc(F)c2)c2ccc(Cl)c(F)c2)OC[C@H]1C=O. The van der Waals surface area contributed by atoms with Gasteiger partial charge in [-0.15, -0.1) is 0 Å². The highest BCUT2D eigenvalue weighted by atomic mass is 35.5. The van der Waals surface area contributed by atoms with Gasteiger partial charge in [-0.2, -0.15) is 0 Å². The number of nitrogens with one attached hydrogen (secondary N) is 1. The van der Waals surface area contributed by atoms with Gasteiger partial charge in [-0.3, -0.25) is 19.7 Å². The number of carbonyl (C=O) groups excluding carboxylic acids is 3. The van der Waals surface area contributed by atoms with Gasteiger partial charge in [0, 0.05) is 24.1 Å². The summed E-state index contributed by atoms with van der Waals surface area (Å²) in [4.78, 5) is 46.5. The van der Waals surface area contributed by atoms with Crippen LogP contribution in [0.5, 0.6) is 0 Å². The van der Waals surface area contributed by atoms with Crippen LogP contribution in [-0.4, -0.2) is 64.1 Å². The van der Waals surface area contributed by atoms with Gasteiger partial charge in [-0.25, -0.2) is 18.0 Å². The molecule has 1 aromatic carbocycles. The Hall–Kier alpha value is -4.03. The molecule has 2 amide bonds. The van der Waals surface area contributed by atoms with E-state index < -0.39 is 53.1 Å². The monoisotopic (exact) mass is 632 g/mol. The lowest BCUT2D eigenvalue weighted by Gasteiger charge is -2.38. The van der Waals surface area contributed by atoms with E-state index in [9.17, 15) is 27.6 Å². The molecule has 1 N–H and O–H groups in total. The summed E-state index contributed by atoms with van der Waals surface area (Å²) >= 11 is 5.83. The van der Waals surface area contributed by atoms with Crippen molar-refractivity contribution < 1.29 is 37.0 Å². The number of rotatable bonds is 9. The molecule has 4 rings (SSSR count). The van der Waals surface area contributed by atoms with Crippen LogP contribution in [0.2, 0.25) is 5.02 Å². The third-order valence-corrected chi connectivity index (χ3v) is 7.25.